The number of nitrogens with zero attached hydrogens (tertiary/aromatic N) is 2. The number of aryl methyl sites for hydroxylation is 2. The molecule has 1 N–H and O–H groups in total. The maximum atomic E-state index is 13.0. The van der Waals surface area contributed by atoms with Gasteiger partial charge in [-0.3, -0.25) is 4.79 Å². The van der Waals surface area contributed by atoms with Crippen molar-refractivity contribution in [1.29, 1.82) is 5.26 Å². The molecule has 136 valence electrons. The van der Waals surface area contributed by atoms with Crippen molar-refractivity contribution in [3.8, 4) is 6.07 Å². The van der Waals surface area contributed by atoms with Gasteiger partial charge in [-0.1, -0.05) is 23.7 Å². The Morgan fingerprint density at radius 2 is 1.89 bits per heavy atom. The number of carbonyl (C=O) groups is 1. The second-order valence-corrected chi connectivity index (χ2v) is 6.77. The van der Waals surface area contributed by atoms with Gasteiger partial charge in [0.05, 0.1) is 11.6 Å². The summed E-state index contributed by atoms with van der Waals surface area (Å²) in [5.41, 5.74) is 3.93. The SMILES string of the molecule is Cc1ccc(C)c2nc(Cl)c(C[C@H](C#N)C(=O)Nc3ccc(F)cc3)cc12. The first-order chi connectivity index (χ1) is 12.9. The number of fused-ring (bicyclic) bond motifs is 1. The van der Waals surface area contributed by atoms with Crippen molar-refractivity contribution in [1.82, 2.24) is 4.98 Å². The smallest absolute Gasteiger partial charge is 0.242 e. The number of hydrogen-bond acceptors (Lipinski definition) is 3. The van der Waals surface area contributed by atoms with Gasteiger partial charge in [0.15, 0.2) is 0 Å². The van der Waals surface area contributed by atoms with Crippen molar-refractivity contribution in [3.63, 3.8) is 0 Å². The van der Waals surface area contributed by atoms with E-state index in [-0.39, 0.29) is 11.6 Å². The van der Waals surface area contributed by atoms with E-state index in [1.165, 1.54) is 24.3 Å². The third kappa shape index (κ3) is 4.07. The number of amides is 1. The molecule has 0 aliphatic rings. The fourth-order valence-electron chi connectivity index (χ4n) is 2.87. The monoisotopic (exact) mass is 381 g/mol. The Hall–Kier alpha value is -2.97. The molecule has 0 saturated heterocycles. The number of hydrogen-bond donors (Lipinski definition) is 1. The molecule has 0 bridgehead atoms. The van der Waals surface area contributed by atoms with Gasteiger partial charge in [-0.05, 0) is 60.9 Å². The molecular formula is C21H17ClFN3O. The number of benzene rings is 2. The van der Waals surface area contributed by atoms with Gasteiger partial charge in [-0.25, -0.2) is 9.37 Å². The van der Waals surface area contributed by atoms with Crippen molar-refractivity contribution in [2.24, 2.45) is 5.92 Å². The first-order valence-electron chi connectivity index (χ1n) is 8.40. The molecule has 0 fully saturated rings. The van der Waals surface area contributed by atoms with Gasteiger partial charge in [0.1, 0.15) is 16.9 Å². The summed E-state index contributed by atoms with van der Waals surface area (Å²) in [5, 5.41) is 13.3. The molecule has 27 heavy (non-hydrogen) atoms. The van der Waals surface area contributed by atoms with Crippen LogP contribution in [0.3, 0.4) is 0 Å². The summed E-state index contributed by atoms with van der Waals surface area (Å²) >= 11 is 6.32. The van der Waals surface area contributed by atoms with Crippen LogP contribution in [0.1, 0.15) is 16.7 Å². The average molecular weight is 382 g/mol. The van der Waals surface area contributed by atoms with Gasteiger partial charge in [0.2, 0.25) is 5.91 Å². The summed E-state index contributed by atoms with van der Waals surface area (Å²) in [4.78, 5) is 16.9. The van der Waals surface area contributed by atoms with Crippen LogP contribution in [0, 0.1) is 36.9 Å². The molecule has 0 unspecified atom stereocenters. The number of halogens is 2. The summed E-state index contributed by atoms with van der Waals surface area (Å²) in [6.07, 6.45) is 0.138. The van der Waals surface area contributed by atoms with Crippen LogP contribution < -0.4 is 5.32 Å². The van der Waals surface area contributed by atoms with E-state index >= 15 is 0 Å². The maximum absolute atomic E-state index is 13.0. The van der Waals surface area contributed by atoms with Crippen LogP contribution in [0.15, 0.2) is 42.5 Å². The van der Waals surface area contributed by atoms with Gasteiger partial charge >= 0.3 is 0 Å². The van der Waals surface area contributed by atoms with Gasteiger partial charge < -0.3 is 5.32 Å². The van der Waals surface area contributed by atoms with Gasteiger partial charge in [0, 0.05) is 17.5 Å². The molecule has 3 rings (SSSR count). The van der Waals surface area contributed by atoms with E-state index in [0.29, 0.717) is 11.3 Å². The molecule has 1 atom stereocenters. The molecule has 0 radical (unpaired) electrons. The third-order valence-electron chi connectivity index (χ3n) is 4.44. The average Bonchev–Trinajstić information content (AvgIpc) is 2.65. The second kappa shape index (κ2) is 7.73. The summed E-state index contributed by atoms with van der Waals surface area (Å²) in [6.45, 7) is 3.93. The summed E-state index contributed by atoms with van der Waals surface area (Å²) in [5.74, 6) is -1.82. The molecule has 4 nitrogen and oxygen atoms in total. The van der Waals surface area contributed by atoms with Gasteiger partial charge in [-0.2, -0.15) is 5.26 Å². The lowest BCUT2D eigenvalue weighted by molar-refractivity contribution is -0.118. The minimum absolute atomic E-state index is 0.138. The van der Waals surface area contributed by atoms with E-state index in [4.69, 9.17) is 11.6 Å². The lowest BCUT2D eigenvalue weighted by Gasteiger charge is -2.13. The summed E-state index contributed by atoms with van der Waals surface area (Å²) < 4.78 is 13.0. The zero-order valence-corrected chi connectivity index (χ0v) is 15.6. The minimum Gasteiger partial charge on any atom is -0.325 e. The Balaban J connectivity index is 1.86. The van der Waals surface area contributed by atoms with E-state index in [9.17, 15) is 14.4 Å². The van der Waals surface area contributed by atoms with Crippen LogP contribution in [-0.4, -0.2) is 10.9 Å². The number of pyridine rings is 1. The molecule has 0 spiro atoms. The third-order valence-corrected chi connectivity index (χ3v) is 4.77. The fraction of sp³-hybridized carbons (Fsp3) is 0.190. The lowest BCUT2D eigenvalue weighted by Crippen LogP contribution is -2.23. The predicted octanol–water partition coefficient (Wildman–Crippen LogP) is 4.97. The Labute approximate surface area is 161 Å². The maximum Gasteiger partial charge on any atom is 0.242 e. The number of aromatic nitrogens is 1. The van der Waals surface area contributed by atoms with Crippen molar-refractivity contribution >= 4 is 34.1 Å². The molecule has 1 amide bonds. The lowest BCUT2D eigenvalue weighted by atomic mass is 9.97. The molecule has 1 heterocycles. The van der Waals surface area contributed by atoms with Crippen LogP contribution in [0.2, 0.25) is 5.15 Å². The predicted molar refractivity (Wildman–Crippen MR) is 104 cm³/mol. The molecule has 0 aliphatic heterocycles. The largest absolute Gasteiger partial charge is 0.325 e. The molecule has 3 aromatic rings. The molecule has 6 heteroatoms. The standard InChI is InChI=1S/C21H17ClFN3O/c1-12-3-4-13(2)19-18(12)10-14(20(22)26-19)9-15(11-24)21(27)25-17-7-5-16(23)6-8-17/h3-8,10,15H,9H2,1-2H3,(H,25,27)/t15-/m1/s1. The number of nitriles is 1. The van der Waals surface area contributed by atoms with E-state index in [1.807, 2.05) is 38.1 Å². The zero-order chi connectivity index (χ0) is 19.6. The minimum atomic E-state index is -0.947. The van der Waals surface area contributed by atoms with Crippen LogP contribution >= 0.6 is 11.6 Å². The Morgan fingerprint density at radius 1 is 1.22 bits per heavy atom. The molecule has 2 aromatic carbocycles. The van der Waals surface area contributed by atoms with Crippen LogP contribution in [0.5, 0.6) is 0 Å². The van der Waals surface area contributed by atoms with Gasteiger partial charge in [-0.15, -0.1) is 0 Å². The number of carbonyl (C=O) groups excluding carboxylic acids is 1. The van der Waals surface area contributed by atoms with E-state index < -0.39 is 17.6 Å². The van der Waals surface area contributed by atoms with E-state index in [1.54, 1.807) is 0 Å². The Kier molecular flexibility index (Phi) is 5.38. The van der Waals surface area contributed by atoms with Crippen molar-refractivity contribution in [2.75, 3.05) is 5.32 Å². The first kappa shape index (κ1) is 18.8. The quantitative estimate of drug-likeness (QED) is 0.649. The highest BCUT2D eigenvalue weighted by Crippen LogP contribution is 2.27. The molecule has 1 aromatic heterocycles. The van der Waals surface area contributed by atoms with E-state index in [2.05, 4.69) is 10.3 Å². The fourth-order valence-corrected chi connectivity index (χ4v) is 3.09. The normalized spacial score (nSPS) is 11.8. The van der Waals surface area contributed by atoms with Crippen molar-refractivity contribution in [2.45, 2.75) is 20.3 Å². The van der Waals surface area contributed by atoms with Gasteiger partial charge in [0.25, 0.3) is 0 Å². The zero-order valence-electron chi connectivity index (χ0n) is 14.9. The highest BCUT2D eigenvalue weighted by atomic mass is 35.5. The molecule has 0 aliphatic carbocycles. The topological polar surface area (TPSA) is 65.8 Å². The van der Waals surface area contributed by atoms with Crippen molar-refractivity contribution in [3.05, 3.63) is 70.1 Å². The highest BCUT2D eigenvalue weighted by molar-refractivity contribution is 6.30. The van der Waals surface area contributed by atoms with Crippen LogP contribution in [0.25, 0.3) is 10.9 Å². The Bertz CT molecular complexity index is 1060. The Morgan fingerprint density at radius 3 is 2.56 bits per heavy atom. The molecular weight excluding hydrogens is 365 g/mol. The molecule has 0 saturated carbocycles. The number of anilines is 1. The van der Waals surface area contributed by atoms with Crippen LogP contribution in [-0.2, 0) is 11.2 Å². The number of rotatable bonds is 4. The highest BCUT2D eigenvalue weighted by Gasteiger charge is 2.21. The van der Waals surface area contributed by atoms with Crippen molar-refractivity contribution < 1.29 is 9.18 Å². The van der Waals surface area contributed by atoms with E-state index in [0.717, 1.165) is 22.0 Å². The summed E-state index contributed by atoms with van der Waals surface area (Å²) in [7, 11) is 0. The number of nitrogens with one attached hydrogen (secondary N) is 1. The van der Waals surface area contributed by atoms with Crippen LogP contribution in [0.4, 0.5) is 10.1 Å². The second-order valence-electron chi connectivity index (χ2n) is 6.42. The summed E-state index contributed by atoms with van der Waals surface area (Å²) in [6, 6.07) is 13.3. The first-order valence-corrected chi connectivity index (χ1v) is 8.78.